The molecule has 3 unspecified atom stereocenters. The predicted octanol–water partition coefficient (Wildman–Crippen LogP) is 11.8. The summed E-state index contributed by atoms with van der Waals surface area (Å²) in [7, 11) is -14.0. The number of hydrogen-bond acceptors (Lipinski definition) is 11. The van der Waals surface area contributed by atoms with Crippen molar-refractivity contribution >= 4 is 62.9 Å². The van der Waals surface area contributed by atoms with Crippen LogP contribution in [0.5, 0.6) is 17.2 Å². The van der Waals surface area contributed by atoms with Crippen molar-refractivity contribution in [1.82, 2.24) is 5.32 Å². The minimum atomic E-state index is -3.05. The van der Waals surface area contributed by atoms with Crippen LogP contribution in [0.15, 0.2) is 78.9 Å². The summed E-state index contributed by atoms with van der Waals surface area (Å²) < 4.78 is 52.7. The Morgan fingerprint density at radius 3 is 1.66 bits per heavy atom. The molecule has 0 radical (unpaired) electrons. The molecule has 0 heterocycles. The lowest BCUT2D eigenvalue weighted by atomic mass is 10.1. The fourth-order valence-electron chi connectivity index (χ4n) is 8.07. The number of methoxy groups -OCH3 is 1. The molecule has 362 valence electrons. The smallest absolute Gasteiger partial charge is 0.412 e. The lowest BCUT2D eigenvalue weighted by Gasteiger charge is -2.46. The third kappa shape index (κ3) is 21.6. The molecule has 65 heavy (non-hydrogen) atoms. The third-order valence-corrected chi connectivity index (χ3v) is 33.2. The molecule has 0 aliphatic heterocycles. The van der Waals surface area contributed by atoms with E-state index in [2.05, 4.69) is 120 Å². The van der Waals surface area contributed by atoms with Crippen molar-refractivity contribution in [1.29, 1.82) is 0 Å². The number of amides is 1. The van der Waals surface area contributed by atoms with E-state index in [0.29, 0.717) is 11.5 Å². The highest BCUT2D eigenvalue weighted by Crippen LogP contribution is 2.36. The maximum Gasteiger partial charge on any atom is 0.412 e. The Morgan fingerprint density at radius 2 is 1.14 bits per heavy atom. The molecule has 0 aliphatic rings. The zero-order valence-electron chi connectivity index (χ0n) is 41.9. The molecule has 3 aromatic carbocycles. The van der Waals surface area contributed by atoms with Gasteiger partial charge < -0.3 is 45.2 Å². The minimum Gasteiger partial charge on any atom is -0.508 e. The van der Waals surface area contributed by atoms with Crippen molar-refractivity contribution in [2.45, 2.75) is 143 Å². The quantitative estimate of drug-likeness (QED) is 0.0311. The number of ether oxygens (including phenoxy) is 3. The number of rotatable bonds is 28. The number of carbonyl (C=O) groups excluding carboxylic acids is 2. The van der Waals surface area contributed by atoms with Crippen LogP contribution in [0.4, 0.5) is 4.79 Å². The molecular weight excluding hydrogens is 923 g/mol. The number of nitrogens with one attached hydrogen (secondary N) is 1. The van der Waals surface area contributed by atoms with Gasteiger partial charge in [-0.25, -0.2) is 9.59 Å². The molecule has 0 spiro atoms. The zero-order valence-corrected chi connectivity index (χ0v) is 47.9. The first-order valence-corrected chi connectivity index (χ1v) is 40.1. The summed E-state index contributed by atoms with van der Waals surface area (Å²) in [4.78, 5) is 24.2. The highest BCUT2D eigenvalue weighted by molar-refractivity contribution is 6.92. The topological polar surface area (TPSA) is 140 Å². The molecule has 3 atom stereocenters. The molecule has 0 aromatic heterocycles. The lowest BCUT2D eigenvalue weighted by molar-refractivity contribution is -0.138. The lowest BCUT2D eigenvalue weighted by Crippen LogP contribution is -2.62. The Kier molecular flexibility index (Phi) is 21.4. The van der Waals surface area contributed by atoms with E-state index >= 15 is 0 Å². The Labute approximate surface area is 397 Å². The maximum atomic E-state index is 12.5. The van der Waals surface area contributed by atoms with Crippen LogP contribution >= 0.6 is 0 Å². The summed E-state index contributed by atoms with van der Waals surface area (Å²) in [5.41, 5.74) is 4.63. The van der Waals surface area contributed by atoms with Crippen LogP contribution in [0.2, 0.25) is 90.1 Å². The normalized spacial score (nSPS) is 15.0. The predicted molar refractivity (Wildman–Crippen MR) is 276 cm³/mol. The van der Waals surface area contributed by atoms with E-state index in [-0.39, 0.29) is 24.5 Å². The number of esters is 1. The Morgan fingerprint density at radius 1 is 0.631 bits per heavy atom. The van der Waals surface area contributed by atoms with Gasteiger partial charge in [0, 0.05) is 5.57 Å². The fraction of sp³-hybridized carbons (Fsp3) is 0.532. The highest BCUT2D eigenvalue weighted by Gasteiger charge is 2.51. The second-order valence-corrected chi connectivity index (χ2v) is 43.6. The Balaban J connectivity index is 1.90. The van der Waals surface area contributed by atoms with E-state index in [9.17, 15) is 14.7 Å². The molecule has 3 aromatic rings. The van der Waals surface area contributed by atoms with Gasteiger partial charge in [0.1, 0.15) is 12.4 Å². The first-order chi connectivity index (χ1) is 30.1. The number of aryl methyl sites for hydroxylation is 4. The van der Waals surface area contributed by atoms with Crippen molar-refractivity contribution < 1.29 is 49.5 Å². The standard InChI is InChI=1S/C47H79NO11Si6/c1-38(2)46(50)53-32-31-48-47(51)54-44-30-28-42(37-45(44)52-4)26-21-33-63(13,56-61(8,9)10)58-65(15,35-20-25-41-27-29-43(49)39(3)36-41)59-64(14,57-62(11,12)55-60(5,6)7)34-19-24-40-22-17-16-18-23-40/h16-18,22-23,27-30,36-37,49H,1,19-21,24-26,31-35H2,2-15H3,(H,48,51). The number of aromatic hydroxyl groups is 1. The Bertz CT molecular complexity index is 2010. The van der Waals surface area contributed by atoms with Gasteiger partial charge in [-0.1, -0.05) is 55.1 Å². The van der Waals surface area contributed by atoms with Gasteiger partial charge in [0.15, 0.2) is 28.1 Å². The SMILES string of the molecule is C=C(C)C(=O)OCCNC(=O)Oc1ccc(CCC[Si](C)(O[Si](C)(C)C)O[Si](C)(CCCc2ccc(O)c(C)c2)O[Si](C)(CCCc2ccccc2)O[Si](C)(C)O[Si](C)(C)C)cc1OC. The van der Waals surface area contributed by atoms with Crippen LogP contribution in [0.3, 0.4) is 0 Å². The molecule has 18 heteroatoms. The Hall–Kier alpha value is -3.16. The number of phenols is 1. The van der Waals surface area contributed by atoms with E-state index in [4.69, 9.17) is 34.8 Å². The second-order valence-electron chi connectivity index (χ2n) is 19.9. The first-order valence-electron chi connectivity index (χ1n) is 22.9. The average molecular weight is 1000 g/mol. The van der Waals surface area contributed by atoms with Gasteiger partial charge in [0.2, 0.25) is 0 Å². The molecule has 0 aliphatic carbocycles. The van der Waals surface area contributed by atoms with Crippen LogP contribution in [0, 0.1) is 6.92 Å². The first kappa shape index (κ1) is 56.2. The van der Waals surface area contributed by atoms with E-state index in [0.717, 1.165) is 67.8 Å². The van der Waals surface area contributed by atoms with E-state index in [1.807, 2.05) is 25.1 Å². The van der Waals surface area contributed by atoms with Gasteiger partial charge in [-0.3, -0.25) is 0 Å². The monoisotopic (exact) mass is 1000 g/mol. The van der Waals surface area contributed by atoms with E-state index < -0.39 is 62.9 Å². The van der Waals surface area contributed by atoms with Gasteiger partial charge in [-0.15, -0.1) is 0 Å². The largest absolute Gasteiger partial charge is 0.508 e. The zero-order chi connectivity index (χ0) is 48.7. The molecule has 0 bridgehead atoms. The van der Waals surface area contributed by atoms with Crippen LogP contribution in [0.25, 0.3) is 0 Å². The van der Waals surface area contributed by atoms with Gasteiger partial charge in [-0.05, 0) is 183 Å². The number of carbonyl (C=O) groups is 2. The molecule has 0 saturated heterocycles. The molecule has 0 fully saturated rings. The molecule has 0 saturated carbocycles. The third-order valence-electron chi connectivity index (χ3n) is 10.2. The van der Waals surface area contributed by atoms with Gasteiger partial charge in [0.05, 0.1) is 13.7 Å². The molecule has 2 N–H and O–H groups in total. The summed E-state index contributed by atoms with van der Waals surface area (Å²) >= 11 is 0. The average Bonchev–Trinajstić information content (AvgIpc) is 3.16. The van der Waals surface area contributed by atoms with E-state index in [1.54, 1.807) is 19.1 Å². The molecule has 1 amide bonds. The van der Waals surface area contributed by atoms with Crippen molar-refractivity contribution in [3.8, 4) is 17.2 Å². The van der Waals surface area contributed by atoms with Crippen molar-refractivity contribution in [2.75, 3.05) is 20.3 Å². The maximum absolute atomic E-state index is 12.5. The van der Waals surface area contributed by atoms with E-state index in [1.165, 1.54) is 18.2 Å². The van der Waals surface area contributed by atoms with Gasteiger partial charge in [-0.2, -0.15) is 0 Å². The van der Waals surface area contributed by atoms with Crippen molar-refractivity contribution in [3.63, 3.8) is 0 Å². The van der Waals surface area contributed by atoms with Crippen LogP contribution < -0.4 is 14.8 Å². The van der Waals surface area contributed by atoms with Crippen molar-refractivity contribution in [3.05, 3.63) is 101 Å². The van der Waals surface area contributed by atoms with Crippen LogP contribution in [0.1, 0.15) is 48.4 Å². The minimum absolute atomic E-state index is 0.00524. The number of phenolic OH excluding ortho intramolecular Hbond substituents is 1. The highest BCUT2D eigenvalue weighted by atomic mass is 28.5. The summed E-state index contributed by atoms with van der Waals surface area (Å²) in [5.74, 6) is 0.487. The van der Waals surface area contributed by atoms with Gasteiger partial charge >= 0.3 is 46.3 Å². The van der Waals surface area contributed by atoms with Crippen LogP contribution in [-0.4, -0.2) is 88.3 Å². The number of hydrogen-bond donors (Lipinski definition) is 2. The molecule has 3 rings (SSSR count). The van der Waals surface area contributed by atoms with Gasteiger partial charge in [0.25, 0.3) is 0 Å². The van der Waals surface area contributed by atoms with Crippen LogP contribution in [-0.2, 0) is 49.4 Å². The summed E-state index contributed by atoms with van der Waals surface area (Å²) in [6, 6.07) is 24.3. The summed E-state index contributed by atoms with van der Waals surface area (Å²) in [6.07, 6.45) is 4.35. The van der Waals surface area contributed by atoms with Crippen molar-refractivity contribution in [2.24, 2.45) is 0 Å². The molecule has 12 nitrogen and oxygen atoms in total. The summed E-state index contributed by atoms with van der Waals surface area (Å²) in [6.45, 7) is 31.4. The summed E-state index contributed by atoms with van der Waals surface area (Å²) in [5, 5.41) is 12.8. The number of benzene rings is 3. The fourth-order valence-corrected chi connectivity index (χ4v) is 37.7. The second kappa shape index (κ2) is 24.7. The molecular formula is C47H79NO11Si6.